The molecular weight excluding hydrogens is 242 g/mol. The fraction of sp³-hybridized carbons (Fsp3) is 0.643. The quantitative estimate of drug-likeness (QED) is 0.737. The van der Waals surface area contributed by atoms with Crippen LogP contribution in [0, 0.1) is 5.92 Å². The molecule has 5 heteroatoms. The minimum atomic E-state index is 0.266. The molecule has 0 radical (unpaired) electrons. The molecule has 0 unspecified atom stereocenters. The van der Waals surface area contributed by atoms with Crippen molar-refractivity contribution in [2.75, 3.05) is 26.4 Å². The SMILES string of the molecule is C=CCO[C@@H]1CN(Cc2cnn(C)c2)[C@H]2COC[C@@H]12. The molecule has 3 heterocycles. The van der Waals surface area contributed by atoms with Crippen LogP contribution in [0.4, 0.5) is 0 Å². The Morgan fingerprint density at radius 3 is 3.21 bits per heavy atom. The molecule has 19 heavy (non-hydrogen) atoms. The summed E-state index contributed by atoms with van der Waals surface area (Å²) in [6, 6.07) is 0.482. The van der Waals surface area contributed by atoms with Crippen molar-refractivity contribution < 1.29 is 9.47 Å². The van der Waals surface area contributed by atoms with Crippen molar-refractivity contribution >= 4 is 0 Å². The van der Waals surface area contributed by atoms with Crippen molar-refractivity contribution in [2.45, 2.75) is 18.7 Å². The first-order chi connectivity index (χ1) is 9.28. The zero-order chi connectivity index (χ0) is 13.2. The van der Waals surface area contributed by atoms with Gasteiger partial charge in [-0.2, -0.15) is 5.10 Å². The van der Waals surface area contributed by atoms with E-state index in [0.29, 0.717) is 18.6 Å². The minimum Gasteiger partial charge on any atom is -0.379 e. The van der Waals surface area contributed by atoms with E-state index < -0.39 is 0 Å². The van der Waals surface area contributed by atoms with E-state index in [1.54, 1.807) is 0 Å². The van der Waals surface area contributed by atoms with Crippen molar-refractivity contribution in [3.05, 3.63) is 30.6 Å². The summed E-state index contributed by atoms with van der Waals surface area (Å²) in [5.74, 6) is 0.497. The highest BCUT2D eigenvalue weighted by atomic mass is 16.5. The second-order valence-corrected chi connectivity index (χ2v) is 5.38. The maximum Gasteiger partial charge on any atom is 0.0772 e. The van der Waals surface area contributed by atoms with Gasteiger partial charge in [0.2, 0.25) is 0 Å². The van der Waals surface area contributed by atoms with Crippen molar-refractivity contribution in [1.29, 1.82) is 0 Å². The van der Waals surface area contributed by atoms with Crippen LogP contribution < -0.4 is 0 Å². The van der Waals surface area contributed by atoms with Gasteiger partial charge in [-0.05, 0) is 0 Å². The Labute approximate surface area is 113 Å². The second-order valence-electron chi connectivity index (χ2n) is 5.38. The van der Waals surface area contributed by atoms with Gasteiger partial charge in [0.25, 0.3) is 0 Å². The summed E-state index contributed by atoms with van der Waals surface area (Å²) in [4.78, 5) is 2.46. The highest BCUT2D eigenvalue weighted by Crippen LogP contribution is 2.33. The predicted octanol–water partition coefficient (Wildman–Crippen LogP) is 0.822. The van der Waals surface area contributed by atoms with Gasteiger partial charge in [0, 0.05) is 43.9 Å². The van der Waals surface area contributed by atoms with E-state index in [2.05, 4.69) is 22.8 Å². The van der Waals surface area contributed by atoms with Crippen LogP contribution in [-0.2, 0) is 23.1 Å². The average Bonchev–Trinajstić information content (AvgIpc) is 3.06. The van der Waals surface area contributed by atoms with Gasteiger partial charge in [0.15, 0.2) is 0 Å². The Morgan fingerprint density at radius 1 is 1.58 bits per heavy atom. The molecular formula is C14H21N3O2. The Kier molecular flexibility index (Phi) is 3.68. The number of nitrogens with zero attached hydrogens (tertiary/aromatic N) is 3. The van der Waals surface area contributed by atoms with Crippen LogP contribution in [-0.4, -0.2) is 53.2 Å². The van der Waals surface area contributed by atoms with Crippen molar-refractivity contribution in [3.8, 4) is 0 Å². The van der Waals surface area contributed by atoms with Crippen molar-refractivity contribution in [3.63, 3.8) is 0 Å². The molecule has 2 saturated heterocycles. The number of aromatic nitrogens is 2. The fourth-order valence-corrected chi connectivity index (χ4v) is 3.13. The Hall–Kier alpha value is -1.17. The van der Waals surface area contributed by atoms with E-state index in [4.69, 9.17) is 9.47 Å². The number of likely N-dealkylation sites (tertiary alicyclic amines) is 1. The third kappa shape index (κ3) is 2.59. The fourth-order valence-electron chi connectivity index (χ4n) is 3.13. The number of rotatable bonds is 5. The number of fused-ring (bicyclic) bond motifs is 1. The topological polar surface area (TPSA) is 39.5 Å². The number of hydrogen-bond acceptors (Lipinski definition) is 4. The molecule has 0 spiro atoms. The van der Waals surface area contributed by atoms with Gasteiger partial charge >= 0.3 is 0 Å². The van der Waals surface area contributed by atoms with Gasteiger partial charge in [0.1, 0.15) is 0 Å². The van der Waals surface area contributed by atoms with E-state index in [1.807, 2.05) is 24.0 Å². The standard InChI is InChI=1S/C14H21N3O2/c1-3-4-19-14-8-17(13-10-18-9-12(13)14)7-11-5-15-16(2)6-11/h3,5-6,12-14H,1,4,7-10H2,2H3/t12-,13+,14-/m1/s1. The van der Waals surface area contributed by atoms with E-state index in [-0.39, 0.29) is 6.10 Å². The van der Waals surface area contributed by atoms with Crippen LogP contribution >= 0.6 is 0 Å². The number of hydrogen-bond donors (Lipinski definition) is 0. The maximum absolute atomic E-state index is 5.88. The van der Waals surface area contributed by atoms with Gasteiger partial charge in [0.05, 0.1) is 32.1 Å². The molecule has 104 valence electrons. The summed E-state index contributed by atoms with van der Waals surface area (Å²) in [5, 5.41) is 4.23. The molecule has 0 N–H and O–H groups in total. The lowest BCUT2D eigenvalue weighted by Gasteiger charge is -2.21. The zero-order valence-corrected chi connectivity index (χ0v) is 11.4. The first-order valence-electron chi connectivity index (χ1n) is 6.79. The first-order valence-corrected chi connectivity index (χ1v) is 6.79. The maximum atomic E-state index is 5.88. The highest BCUT2D eigenvalue weighted by molar-refractivity contribution is 5.07. The highest BCUT2D eigenvalue weighted by Gasteiger charge is 2.45. The van der Waals surface area contributed by atoms with Crippen LogP contribution in [0.2, 0.25) is 0 Å². The summed E-state index contributed by atoms with van der Waals surface area (Å²) in [6.07, 6.45) is 6.09. The molecule has 0 amide bonds. The van der Waals surface area contributed by atoms with E-state index >= 15 is 0 Å². The predicted molar refractivity (Wildman–Crippen MR) is 71.7 cm³/mol. The molecule has 5 nitrogen and oxygen atoms in total. The van der Waals surface area contributed by atoms with E-state index in [1.165, 1.54) is 5.56 Å². The van der Waals surface area contributed by atoms with Gasteiger partial charge in [-0.3, -0.25) is 9.58 Å². The summed E-state index contributed by atoms with van der Waals surface area (Å²) < 4.78 is 13.4. The molecule has 2 aliphatic rings. The Bertz CT molecular complexity index is 446. The van der Waals surface area contributed by atoms with Crippen LogP contribution in [0.25, 0.3) is 0 Å². The van der Waals surface area contributed by atoms with Gasteiger partial charge < -0.3 is 9.47 Å². The van der Waals surface area contributed by atoms with Gasteiger partial charge in [-0.25, -0.2) is 0 Å². The molecule has 1 aromatic rings. The third-order valence-electron chi connectivity index (χ3n) is 4.03. The van der Waals surface area contributed by atoms with Crippen LogP contribution in [0.1, 0.15) is 5.56 Å². The molecule has 0 bridgehead atoms. The Balaban J connectivity index is 1.66. The molecule has 3 rings (SSSR count). The Morgan fingerprint density at radius 2 is 2.47 bits per heavy atom. The van der Waals surface area contributed by atoms with E-state index in [9.17, 15) is 0 Å². The summed E-state index contributed by atoms with van der Waals surface area (Å²) in [6.45, 7) is 7.87. The van der Waals surface area contributed by atoms with Crippen LogP contribution in [0.5, 0.6) is 0 Å². The average molecular weight is 263 g/mol. The largest absolute Gasteiger partial charge is 0.379 e. The summed E-state index contributed by atoms with van der Waals surface area (Å²) >= 11 is 0. The molecule has 0 saturated carbocycles. The summed E-state index contributed by atoms with van der Waals surface area (Å²) in [7, 11) is 1.95. The van der Waals surface area contributed by atoms with Gasteiger partial charge in [-0.1, -0.05) is 6.08 Å². The van der Waals surface area contributed by atoms with Crippen LogP contribution in [0.15, 0.2) is 25.0 Å². The molecule has 1 aromatic heterocycles. The lowest BCUT2D eigenvalue weighted by Crippen LogP contribution is -2.32. The molecule has 3 atom stereocenters. The molecule has 0 aromatic carbocycles. The molecule has 2 aliphatic heterocycles. The number of ether oxygens (including phenoxy) is 2. The first kappa shape index (κ1) is 12.8. The lowest BCUT2D eigenvalue weighted by molar-refractivity contribution is 0.0342. The number of aryl methyl sites for hydroxylation is 1. The van der Waals surface area contributed by atoms with Crippen LogP contribution in [0.3, 0.4) is 0 Å². The van der Waals surface area contributed by atoms with Crippen molar-refractivity contribution in [1.82, 2.24) is 14.7 Å². The second kappa shape index (κ2) is 5.45. The normalized spacial score (nSPS) is 30.7. The lowest BCUT2D eigenvalue weighted by atomic mass is 10.0. The van der Waals surface area contributed by atoms with E-state index in [0.717, 1.165) is 26.3 Å². The van der Waals surface area contributed by atoms with Crippen molar-refractivity contribution in [2.24, 2.45) is 13.0 Å². The monoisotopic (exact) mass is 263 g/mol. The summed E-state index contributed by atoms with van der Waals surface area (Å²) in [5.41, 5.74) is 1.25. The van der Waals surface area contributed by atoms with Gasteiger partial charge in [-0.15, -0.1) is 6.58 Å². The minimum absolute atomic E-state index is 0.266. The zero-order valence-electron chi connectivity index (χ0n) is 11.4. The smallest absolute Gasteiger partial charge is 0.0772 e. The molecule has 2 fully saturated rings. The third-order valence-corrected chi connectivity index (χ3v) is 4.03. The molecule has 0 aliphatic carbocycles.